The zero-order valence-electron chi connectivity index (χ0n) is 43.9. The van der Waals surface area contributed by atoms with Crippen LogP contribution in [0.4, 0.5) is 14.6 Å². The summed E-state index contributed by atoms with van der Waals surface area (Å²) in [5, 5.41) is 1.25. The Balaban J connectivity index is 1.31. The van der Waals surface area contributed by atoms with Crippen LogP contribution in [-0.4, -0.2) is 118 Å². The van der Waals surface area contributed by atoms with Gasteiger partial charge in [0.05, 0.1) is 22.8 Å². The first-order valence-electron chi connectivity index (χ1n) is 25.4. The monoisotopic (exact) mass is 989 g/mol. The zero-order valence-corrected chi connectivity index (χ0v) is 45.9. The molecule has 0 unspecified atom stereocenters. The van der Waals surface area contributed by atoms with Crippen LogP contribution in [0.15, 0.2) is 24.3 Å². The molecule has 378 valence electrons. The Morgan fingerprint density at radius 3 is 2.30 bits per heavy atom. The average molecular weight is 989 g/mol. The van der Waals surface area contributed by atoms with E-state index in [0.29, 0.717) is 88.2 Å². The molecule has 0 bridgehead atoms. The molecule has 0 spiro atoms. The minimum absolute atomic E-state index is 0.00370. The highest BCUT2D eigenvalue weighted by atomic mass is 28.4. The molecule has 8 rings (SSSR count). The Labute approximate surface area is 411 Å². The standard InChI is InChI=1S/C53H78F2N6O6Si2/c1-34(2)69(35(3)4,36(5)6)24-19-42-43(55)18-17-37-25-41(65-33-62-11)28-44(45(37)42)66-50-57-47-46(61(50)39-26-40(27-39)63-12)48(59-22-15-20-52(10,31-59)67-68(13,14)51(7,8)9)58-49(56-47)64-32-53-21-16-23-60(53)30-38(54)29-53/h17-18,25,28,34-36,38-40H,15-16,20-23,26-27,29-33H2,1-14H3/t38-,39?,40?,52-,53+/m1/s1. The number of ether oxygens (including phenoxy) is 5. The number of halogens is 2. The number of nitrogens with zero attached hydrogens (tertiary/aromatic N) is 6. The van der Waals surface area contributed by atoms with Crippen LogP contribution in [0.5, 0.6) is 23.5 Å². The second kappa shape index (κ2) is 19.6. The van der Waals surface area contributed by atoms with Crippen molar-refractivity contribution >= 4 is 44.1 Å². The van der Waals surface area contributed by atoms with Crippen molar-refractivity contribution in [2.24, 2.45) is 0 Å². The van der Waals surface area contributed by atoms with E-state index in [1.807, 2.05) is 6.07 Å². The van der Waals surface area contributed by atoms with Gasteiger partial charge in [0.2, 0.25) is 0 Å². The van der Waals surface area contributed by atoms with Crippen LogP contribution >= 0.6 is 0 Å². The van der Waals surface area contributed by atoms with Crippen molar-refractivity contribution in [1.29, 1.82) is 0 Å². The average Bonchev–Trinajstić information content (AvgIpc) is 3.90. The third-order valence-corrected chi connectivity index (χ3v) is 27.5. The molecular formula is C53H78F2N6O6Si2. The van der Waals surface area contributed by atoms with Gasteiger partial charge >= 0.3 is 12.0 Å². The third-order valence-electron chi connectivity index (χ3n) is 16.6. The van der Waals surface area contributed by atoms with Crippen molar-refractivity contribution in [2.75, 3.05) is 58.7 Å². The number of anilines is 1. The second-order valence-corrected chi connectivity index (χ2v) is 33.5. The lowest BCUT2D eigenvalue weighted by atomic mass is 9.89. The number of piperidine rings is 1. The molecule has 4 aromatic rings. The molecule has 1 aliphatic carbocycles. The van der Waals surface area contributed by atoms with E-state index in [4.69, 9.17) is 43.1 Å². The lowest BCUT2D eigenvalue weighted by Crippen LogP contribution is -2.55. The number of benzene rings is 2. The first kappa shape index (κ1) is 51.5. The SMILES string of the molecule is COCOc1cc(Oc2nc3nc(OC[C@@]45CCCN4C[C@H](F)C5)nc(N4CCC[C@@](C)(O[Si](C)(C)C(C)(C)C)C4)c3n2C2CC(OC)C2)c2c(C#C[Si](C(C)C)(C(C)C)C(C)C)c(F)ccc2c1. The van der Waals surface area contributed by atoms with Crippen LogP contribution in [-0.2, 0) is 13.9 Å². The first-order valence-corrected chi connectivity index (χ1v) is 30.6. The lowest BCUT2D eigenvalue weighted by Gasteiger charge is -2.48. The fourth-order valence-corrected chi connectivity index (χ4v) is 18.9. The summed E-state index contributed by atoms with van der Waals surface area (Å²) in [4.78, 5) is 20.1. The maximum Gasteiger partial charge on any atom is 0.320 e. The Bertz CT molecular complexity index is 2550. The fourth-order valence-electron chi connectivity index (χ4n) is 12.0. The largest absolute Gasteiger partial charge is 0.467 e. The third kappa shape index (κ3) is 9.90. The predicted octanol–water partition coefficient (Wildman–Crippen LogP) is 12.1. The quantitative estimate of drug-likeness (QED) is 0.0609. The van der Waals surface area contributed by atoms with E-state index in [1.54, 1.807) is 26.4 Å². The topological polar surface area (TPSA) is 105 Å². The summed E-state index contributed by atoms with van der Waals surface area (Å²) in [7, 11) is -1.16. The van der Waals surface area contributed by atoms with E-state index >= 15 is 4.39 Å². The molecule has 3 atom stereocenters. The van der Waals surface area contributed by atoms with Gasteiger partial charge in [-0.2, -0.15) is 15.0 Å². The van der Waals surface area contributed by atoms with E-state index in [-0.39, 0.29) is 48.2 Å². The predicted molar refractivity (Wildman–Crippen MR) is 275 cm³/mol. The number of fused-ring (bicyclic) bond motifs is 3. The Hall–Kier alpha value is -3.86. The minimum atomic E-state index is -2.28. The lowest BCUT2D eigenvalue weighted by molar-refractivity contribution is 0.00575. The van der Waals surface area contributed by atoms with Gasteiger partial charge in [0.25, 0.3) is 0 Å². The zero-order chi connectivity index (χ0) is 49.8. The van der Waals surface area contributed by atoms with Gasteiger partial charge < -0.3 is 33.0 Å². The van der Waals surface area contributed by atoms with E-state index in [0.717, 1.165) is 38.8 Å². The van der Waals surface area contributed by atoms with Gasteiger partial charge in [-0.25, -0.2) is 8.78 Å². The fraction of sp³-hybridized carbons (Fsp3) is 0.679. The molecule has 0 amide bonds. The smallest absolute Gasteiger partial charge is 0.320 e. The first-order chi connectivity index (χ1) is 32.5. The van der Waals surface area contributed by atoms with Crippen molar-refractivity contribution in [2.45, 2.75) is 178 Å². The summed E-state index contributed by atoms with van der Waals surface area (Å²) in [5.74, 6) is 4.52. The highest BCUT2D eigenvalue weighted by molar-refractivity contribution is 6.90. The summed E-state index contributed by atoms with van der Waals surface area (Å²) in [6.07, 6.45) is 4.64. The molecule has 4 fully saturated rings. The second-order valence-electron chi connectivity index (χ2n) is 23.2. The van der Waals surface area contributed by atoms with E-state index in [1.165, 1.54) is 6.07 Å². The molecule has 1 saturated carbocycles. The van der Waals surface area contributed by atoms with Gasteiger partial charge in [0.15, 0.2) is 26.6 Å². The minimum Gasteiger partial charge on any atom is -0.467 e. The molecule has 69 heavy (non-hydrogen) atoms. The molecular weight excluding hydrogens is 911 g/mol. The Morgan fingerprint density at radius 1 is 0.928 bits per heavy atom. The van der Waals surface area contributed by atoms with Crippen molar-refractivity contribution < 1.29 is 36.9 Å². The number of hydrogen-bond acceptors (Lipinski definition) is 11. The number of imidazole rings is 1. The molecule has 3 aliphatic heterocycles. The molecule has 2 aromatic carbocycles. The summed E-state index contributed by atoms with van der Waals surface area (Å²) in [5.41, 5.74) is 5.36. The number of aromatic nitrogens is 4. The maximum atomic E-state index is 16.6. The van der Waals surface area contributed by atoms with E-state index in [2.05, 4.69) is 108 Å². The summed E-state index contributed by atoms with van der Waals surface area (Å²) < 4.78 is 71.9. The van der Waals surface area contributed by atoms with Gasteiger partial charge in [-0.15, -0.1) is 5.54 Å². The van der Waals surface area contributed by atoms with Crippen LogP contribution in [0, 0.1) is 17.3 Å². The van der Waals surface area contributed by atoms with Gasteiger partial charge in [0.1, 0.15) is 43.7 Å². The van der Waals surface area contributed by atoms with E-state index < -0.39 is 39.5 Å². The summed E-state index contributed by atoms with van der Waals surface area (Å²) in [6, 6.07) is 7.23. The van der Waals surface area contributed by atoms with Crippen molar-refractivity contribution in [3.05, 3.63) is 35.6 Å². The molecule has 4 aliphatic rings. The maximum absolute atomic E-state index is 16.6. The number of alkyl halides is 1. The van der Waals surface area contributed by atoms with Gasteiger partial charge in [0, 0.05) is 57.8 Å². The number of hydrogen-bond donors (Lipinski definition) is 0. The summed E-state index contributed by atoms with van der Waals surface area (Å²) >= 11 is 0. The molecule has 0 radical (unpaired) electrons. The van der Waals surface area contributed by atoms with Gasteiger partial charge in [-0.3, -0.25) is 9.47 Å². The summed E-state index contributed by atoms with van der Waals surface area (Å²) in [6.45, 7) is 30.1. The molecule has 0 N–H and O–H groups in total. The molecule has 12 nitrogen and oxygen atoms in total. The normalized spacial score (nSPS) is 24.6. The van der Waals surface area contributed by atoms with Crippen molar-refractivity contribution in [3.63, 3.8) is 0 Å². The van der Waals surface area contributed by atoms with Crippen molar-refractivity contribution in [1.82, 2.24) is 24.4 Å². The highest BCUT2D eigenvalue weighted by Gasteiger charge is 2.50. The van der Waals surface area contributed by atoms with Gasteiger partial charge in [-0.05, 0) is 104 Å². The van der Waals surface area contributed by atoms with Crippen molar-refractivity contribution in [3.8, 4) is 35.0 Å². The number of methoxy groups -OCH3 is 2. The molecule has 3 saturated heterocycles. The van der Waals surface area contributed by atoms with E-state index in [9.17, 15) is 4.39 Å². The van der Waals surface area contributed by atoms with Crippen LogP contribution in [0.1, 0.15) is 126 Å². The van der Waals surface area contributed by atoms with Crippen LogP contribution in [0.3, 0.4) is 0 Å². The Morgan fingerprint density at radius 2 is 1.64 bits per heavy atom. The molecule has 2 aromatic heterocycles. The van der Waals surface area contributed by atoms with Gasteiger partial charge in [-0.1, -0.05) is 74.3 Å². The molecule has 5 heterocycles. The molecule has 16 heteroatoms. The highest BCUT2D eigenvalue weighted by Crippen LogP contribution is 2.48. The Kier molecular flexibility index (Phi) is 14.7. The number of rotatable bonds is 16. The van der Waals surface area contributed by atoms with Crippen LogP contribution < -0.4 is 19.1 Å². The van der Waals surface area contributed by atoms with Crippen LogP contribution in [0.2, 0.25) is 34.8 Å². The van der Waals surface area contributed by atoms with Crippen LogP contribution in [0.25, 0.3) is 21.9 Å².